The summed E-state index contributed by atoms with van der Waals surface area (Å²) in [5, 5.41) is 10.8. The molecule has 4 bridgehead atoms. The van der Waals surface area contributed by atoms with E-state index in [0.29, 0.717) is 5.75 Å². The van der Waals surface area contributed by atoms with Crippen molar-refractivity contribution in [1.82, 2.24) is 0 Å². The Morgan fingerprint density at radius 3 is 1.88 bits per heavy atom. The maximum atomic E-state index is 10.8. The Morgan fingerprint density at radius 2 is 1.38 bits per heavy atom. The van der Waals surface area contributed by atoms with Gasteiger partial charge in [-0.25, -0.2) is 0 Å². The highest BCUT2D eigenvalue weighted by molar-refractivity contribution is 6.62. The van der Waals surface area contributed by atoms with Crippen LogP contribution < -0.4 is 5.46 Å². The van der Waals surface area contributed by atoms with Gasteiger partial charge in [0.2, 0.25) is 0 Å². The minimum Gasteiger partial charge on any atom is -0.508 e. The summed E-state index contributed by atoms with van der Waals surface area (Å²) < 4.78 is 12.5. The summed E-state index contributed by atoms with van der Waals surface area (Å²) in [7, 11) is -0.353. The van der Waals surface area contributed by atoms with Crippen LogP contribution in [0.15, 0.2) is 18.2 Å². The zero-order chi connectivity index (χ0) is 18.3. The lowest BCUT2D eigenvalue weighted by molar-refractivity contribution is -0.00610. The zero-order valence-corrected chi connectivity index (χ0v) is 16.5. The lowest BCUT2D eigenvalue weighted by Gasteiger charge is -2.57. The minimum absolute atomic E-state index is 0.179. The molecule has 0 spiro atoms. The predicted molar refractivity (Wildman–Crippen MR) is 104 cm³/mol. The summed E-state index contributed by atoms with van der Waals surface area (Å²) >= 11 is 0. The zero-order valence-electron chi connectivity index (χ0n) is 16.5. The first-order valence-electron chi connectivity index (χ1n) is 10.4. The second-order valence-corrected chi connectivity index (χ2v) is 10.6. The molecule has 4 aliphatic carbocycles. The Hall–Kier alpha value is -0.995. The quantitative estimate of drug-likeness (QED) is 0.811. The van der Waals surface area contributed by atoms with Crippen molar-refractivity contribution in [2.24, 2.45) is 17.8 Å². The number of rotatable bonds is 2. The molecule has 5 aliphatic rings. The van der Waals surface area contributed by atoms with Gasteiger partial charge in [0.1, 0.15) is 5.75 Å². The average molecular weight is 354 g/mol. The number of aromatic hydroxyl groups is 1. The number of phenolic OH excluding ortho intramolecular Hbond substituents is 1. The fourth-order valence-corrected chi connectivity index (χ4v) is 6.54. The van der Waals surface area contributed by atoms with Crippen LogP contribution in [0, 0.1) is 17.8 Å². The van der Waals surface area contributed by atoms with Crippen LogP contribution in [0.2, 0.25) is 0 Å². The molecule has 1 aliphatic heterocycles. The van der Waals surface area contributed by atoms with Crippen LogP contribution in [0.5, 0.6) is 5.75 Å². The highest BCUT2D eigenvalue weighted by Crippen LogP contribution is 2.61. The van der Waals surface area contributed by atoms with E-state index in [9.17, 15) is 5.11 Å². The van der Waals surface area contributed by atoms with Crippen molar-refractivity contribution in [2.75, 3.05) is 0 Å². The molecule has 3 nitrogen and oxygen atoms in total. The van der Waals surface area contributed by atoms with Crippen LogP contribution in [0.25, 0.3) is 0 Å². The molecule has 1 N–H and O–H groups in total. The van der Waals surface area contributed by atoms with Crippen molar-refractivity contribution in [3.05, 3.63) is 23.8 Å². The molecule has 0 radical (unpaired) electrons. The van der Waals surface area contributed by atoms with Crippen molar-refractivity contribution >= 4 is 12.6 Å². The largest absolute Gasteiger partial charge is 0.508 e. The summed E-state index contributed by atoms with van der Waals surface area (Å²) in [6.45, 7) is 8.36. The summed E-state index contributed by atoms with van der Waals surface area (Å²) in [6.07, 6.45) is 7.99. The third-order valence-corrected chi connectivity index (χ3v) is 8.16. The summed E-state index contributed by atoms with van der Waals surface area (Å²) in [6, 6.07) is 6.04. The maximum absolute atomic E-state index is 10.8. The Bertz CT molecular complexity index is 688. The van der Waals surface area contributed by atoms with Crippen molar-refractivity contribution in [1.29, 1.82) is 0 Å². The lowest BCUT2D eigenvalue weighted by Crippen LogP contribution is -2.49. The molecule has 0 aromatic heterocycles. The third-order valence-electron chi connectivity index (χ3n) is 8.16. The van der Waals surface area contributed by atoms with Gasteiger partial charge in [0.05, 0.1) is 11.2 Å². The van der Waals surface area contributed by atoms with E-state index >= 15 is 0 Å². The Balaban J connectivity index is 1.51. The van der Waals surface area contributed by atoms with Crippen molar-refractivity contribution in [2.45, 2.75) is 82.8 Å². The van der Waals surface area contributed by atoms with Crippen LogP contribution in [0.4, 0.5) is 0 Å². The van der Waals surface area contributed by atoms with Gasteiger partial charge in [-0.3, -0.25) is 0 Å². The van der Waals surface area contributed by atoms with Crippen LogP contribution in [-0.2, 0) is 14.7 Å². The van der Waals surface area contributed by atoms with Gasteiger partial charge in [0.15, 0.2) is 0 Å². The molecule has 4 heteroatoms. The fourth-order valence-electron chi connectivity index (χ4n) is 6.54. The van der Waals surface area contributed by atoms with E-state index in [1.165, 1.54) is 38.5 Å². The number of hydrogen-bond donors (Lipinski definition) is 1. The fraction of sp³-hybridized carbons (Fsp3) is 0.727. The molecule has 1 aromatic carbocycles. The standard InChI is InChI=1S/C22H31BO3/c1-20(2)21(3,4)26-23(25-20)17-5-6-19(24)18(10-17)22-11-14-7-15(12-22)9-16(8-14)13-22/h5-6,10,14-16,24H,7-9,11-13H2,1-4H3. The molecule has 6 rings (SSSR count). The highest BCUT2D eigenvalue weighted by atomic mass is 16.7. The SMILES string of the molecule is CC1(C)OB(c2ccc(O)c(C34CC5CC(CC(C5)C3)C4)c2)OC1(C)C. The molecule has 1 heterocycles. The number of benzene rings is 1. The van der Waals surface area contributed by atoms with Crippen LogP contribution >= 0.6 is 0 Å². The maximum Gasteiger partial charge on any atom is 0.494 e. The smallest absolute Gasteiger partial charge is 0.494 e. The van der Waals surface area contributed by atoms with Gasteiger partial charge >= 0.3 is 7.12 Å². The van der Waals surface area contributed by atoms with Crippen LogP contribution in [0.1, 0.15) is 71.8 Å². The van der Waals surface area contributed by atoms with E-state index in [-0.39, 0.29) is 23.7 Å². The molecule has 0 amide bonds. The van der Waals surface area contributed by atoms with E-state index in [1.807, 2.05) is 12.1 Å². The van der Waals surface area contributed by atoms with Gasteiger partial charge in [0.25, 0.3) is 0 Å². The van der Waals surface area contributed by atoms with E-state index < -0.39 is 0 Å². The number of phenols is 1. The third kappa shape index (κ3) is 2.41. The lowest BCUT2D eigenvalue weighted by atomic mass is 9.47. The van der Waals surface area contributed by atoms with Gasteiger partial charge in [-0.05, 0) is 106 Å². The summed E-state index contributed by atoms with van der Waals surface area (Å²) in [5.74, 6) is 3.05. The van der Waals surface area contributed by atoms with Crippen molar-refractivity contribution in [3.63, 3.8) is 0 Å². The Kier molecular flexibility index (Phi) is 3.48. The predicted octanol–water partition coefficient (Wildman–Crippen LogP) is 4.16. The van der Waals surface area contributed by atoms with E-state index in [2.05, 4.69) is 33.8 Å². The van der Waals surface area contributed by atoms with Crippen molar-refractivity contribution < 1.29 is 14.4 Å². The summed E-state index contributed by atoms with van der Waals surface area (Å²) in [4.78, 5) is 0. The molecule has 1 aromatic rings. The molecular weight excluding hydrogens is 323 g/mol. The molecule has 5 fully saturated rings. The van der Waals surface area contributed by atoms with Crippen LogP contribution in [-0.4, -0.2) is 23.4 Å². The van der Waals surface area contributed by atoms with E-state index in [4.69, 9.17) is 9.31 Å². The first kappa shape index (κ1) is 17.1. The molecule has 140 valence electrons. The first-order chi connectivity index (χ1) is 12.2. The van der Waals surface area contributed by atoms with Gasteiger partial charge in [-0.2, -0.15) is 0 Å². The van der Waals surface area contributed by atoms with Crippen LogP contribution in [0.3, 0.4) is 0 Å². The van der Waals surface area contributed by atoms with Gasteiger partial charge in [-0.1, -0.05) is 12.1 Å². The van der Waals surface area contributed by atoms with Gasteiger partial charge in [-0.15, -0.1) is 0 Å². The second-order valence-electron chi connectivity index (χ2n) is 10.6. The van der Waals surface area contributed by atoms with Crippen molar-refractivity contribution in [3.8, 4) is 5.75 Å². The molecule has 0 unspecified atom stereocenters. The molecule has 0 atom stereocenters. The average Bonchev–Trinajstić information content (AvgIpc) is 2.74. The molecule has 26 heavy (non-hydrogen) atoms. The number of hydrogen-bond acceptors (Lipinski definition) is 3. The second kappa shape index (κ2) is 5.29. The minimum atomic E-state index is -0.353. The summed E-state index contributed by atoms with van der Waals surface area (Å²) in [5.41, 5.74) is 1.71. The normalized spacial score (nSPS) is 39.5. The highest BCUT2D eigenvalue weighted by Gasteiger charge is 2.54. The van der Waals surface area contributed by atoms with E-state index in [1.54, 1.807) is 0 Å². The topological polar surface area (TPSA) is 38.7 Å². The first-order valence-corrected chi connectivity index (χ1v) is 10.4. The Labute approximate surface area is 157 Å². The molecular formula is C22H31BO3. The van der Waals surface area contributed by atoms with E-state index in [0.717, 1.165) is 28.8 Å². The molecule has 1 saturated heterocycles. The molecule has 4 saturated carbocycles. The van der Waals surface area contributed by atoms with Gasteiger partial charge in [0, 0.05) is 0 Å². The Morgan fingerprint density at radius 1 is 0.885 bits per heavy atom. The van der Waals surface area contributed by atoms with Gasteiger partial charge < -0.3 is 14.4 Å². The monoisotopic (exact) mass is 354 g/mol.